The van der Waals surface area contributed by atoms with Gasteiger partial charge in [-0.3, -0.25) is 4.79 Å². The molecule has 1 aromatic heterocycles. The van der Waals surface area contributed by atoms with Crippen LogP contribution in [-0.4, -0.2) is 11.9 Å². The molecule has 0 aliphatic heterocycles. The van der Waals surface area contributed by atoms with Crippen LogP contribution in [-0.2, 0) is 4.79 Å². The molecule has 0 spiro atoms. The second-order valence-electron chi connectivity index (χ2n) is 4.57. The molecule has 1 amide bonds. The molecule has 0 radical (unpaired) electrons. The predicted octanol–water partition coefficient (Wildman–Crippen LogP) is 1.67. The number of hydrogen-bond acceptors (Lipinski definition) is 3. The molecular weight excluding hydrogens is 216 g/mol. The topological polar surface area (TPSA) is 68.3 Å². The molecule has 0 saturated carbocycles. The molecule has 3 N–H and O–H groups in total. The van der Waals surface area contributed by atoms with Gasteiger partial charge >= 0.3 is 0 Å². The lowest BCUT2D eigenvalue weighted by atomic mass is 10.1. The van der Waals surface area contributed by atoms with Crippen LogP contribution in [0.2, 0.25) is 0 Å². The van der Waals surface area contributed by atoms with E-state index in [1.165, 1.54) is 0 Å². The summed E-state index contributed by atoms with van der Waals surface area (Å²) in [6.07, 6.45) is 4.45. The van der Waals surface area contributed by atoms with Crippen molar-refractivity contribution in [2.24, 2.45) is 11.7 Å². The molecule has 3 unspecified atom stereocenters. The first-order valence-corrected chi connectivity index (χ1v) is 5.87. The Bertz CT molecular complexity index is 436. The van der Waals surface area contributed by atoms with Crippen molar-refractivity contribution < 1.29 is 9.21 Å². The predicted molar refractivity (Wildman–Crippen MR) is 65.2 cm³/mol. The Labute approximate surface area is 101 Å². The molecule has 1 aromatic rings. The summed E-state index contributed by atoms with van der Waals surface area (Å²) in [4.78, 5) is 11.9. The molecule has 2 rings (SSSR count). The molecule has 4 nitrogen and oxygen atoms in total. The summed E-state index contributed by atoms with van der Waals surface area (Å²) in [7, 11) is 0. The number of carbonyl (C=O) groups is 1. The van der Waals surface area contributed by atoms with Gasteiger partial charge in [-0.2, -0.15) is 0 Å². The van der Waals surface area contributed by atoms with Gasteiger partial charge in [0.15, 0.2) is 0 Å². The van der Waals surface area contributed by atoms with Gasteiger partial charge in [0, 0.05) is 6.04 Å². The highest BCUT2D eigenvalue weighted by Crippen LogP contribution is 2.20. The summed E-state index contributed by atoms with van der Waals surface area (Å²) in [5.74, 6) is 1.53. The Hall–Kier alpha value is -1.55. The number of aryl methyl sites for hydroxylation is 1. The monoisotopic (exact) mass is 234 g/mol. The van der Waals surface area contributed by atoms with Crippen LogP contribution >= 0.6 is 0 Å². The van der Waals surface area contributed by atoms with E-state index < -0.39 is 0 Å². The normalized spacial score (nSPS) is 24.9. The van der Waals surface area contributed by atoms with E-state index in [1.807, 2.05) is 38.1 Å². The third-order valence-electron chi connectivity index (χ3n) is 3.00. The zero-order chi connectivity index (χ0) is 12.4. The minimum atomic E-state index is -0.110. The van der Waals surface area contributed by atoms with Gasteiger partial charge in [0.2, 0.25) is 5.91 Å². The lowest BCUT2D eigenvalue weighted by molar-refractivity contribution is -0.124. The fourth-order valence-corrected chi connectivity index (χ4v) is 2.00. The summed E-state index contributed by atoms with van der Waals surface area (Å²) in [5.41, 5.74) is 5.72. The van der Waals surface area contributed by atoms with Gasteiger partial charge in [-0.15, -0.1) is 0 Å². The summed E-state index contributed by atoms with van der Waals surface area (Å²) >= 11 is 0. The summed E-state index contributed by atoms with van der Waals surface area (Å²) in [5, 5.41) is 2.93. The van der Waals surface area contributed by atoms with E-state index in [0.29, 0.717) is 6.42 Å². The van der Waals surface area contributed by atoms with Gasteiger partial charge in [0.1, 0.15) is 11.5 Å². The summed E-state index contributed by atoms with van der Waals surface area (Å²) in [6.45, 7) is 3.80. The van der Waals surface area contributed by atoms with Crippen molar-refractivity contribution in [3.8, 4) is 0 Å². The fourth-order valence-electron chi connectivity index (χ4n) is 2.00. The first kappa shape index (κ1) is 11.9. The Morgan fingerprint density at radius 2 is 2.29 bits per heavy atom. The number of hydrogen-bond donors (Lipinski definition) is 2. The Balaban J connectivity index is 1.93. The van der Waals surface area contributed by atoms with Crippen molar-refractivity contribution in [1.82, 2.24) is 5.32 Å². The van der Waals surface area contributed by atoms with E-state index in [2.05, 4.69) is 5.32 Å². The standard InChI is InChI=1S/C13H18N2O2/c1-8-3-6-12(17-8)9(2)15-13(16)10-4-5-11(14)7-10/h3-6,9-11H,7,14H2,1-2H3,(H,15,16). The van der Waals surface area contributed by atoms with Crippen molar-refractivity contribution in [2.75, 3.05) is 0 Å². The molecule has 3 atom stereocenters. The molecule has 1 heterocycles. The lowest BCUT2D eigenvalue weighted by Gasteiger charge is -2.15. The SMILES string of the molecule is Cc1ccc(C(C)NC(=O)C2C=CC(N)C2)o1. The van der Waals surface area contributed by atoms with Crippen LogP contribution < -0.4 is 11.1 Å². The number of nitrogens with one attached hydrogen (secondary N) is 1. The molecular formula is C13H18N2O2. The molecule has 1 aliphatic rings. The van der Waals surface area contributed by atoms with Gasteiger partial charge in [-0.25, -0.2) is 0 Å². The van der Waals surface area contributed by atoms with E-state index in [1.54, 1.807) is 0 Å². The number of rotatable bonds is 3. The lowest BCUT2D eigenvalue weighted by Crippen LogP contribution is -2.32. The smallest absolute Gasteiger partial charge is 0.227 e. The van der Waals surface area contributed by atoms with Crippen LogP contribution in [0.4, 0.5) is 0 Å². The first-order chi connectivity index (χ1) is 8.06. The van der Waals surface area contributed by atoms with Gasteiger partial charge < -0.3 is 15.5 Å². The van der Waals surface area contributed by atoms with E-state index in [-0.39, 0.29) is 23.9 Å². The average molecular weight is 234 g/mol. The number of carbonyl (C=O) groups excluding carboxylic acids is 1. The zero-order valence-corrected chi connectivity index (χ0v) is 10.1. The Kier molecular flexibility index (Phi) is 3.33. The molecule has 4 heteroatoms. The minimum Gasteiger partial charge on any atom is -0.464 e. The highest BCUT2D eigenvalue weighted by molar-refractivity contribution is 5.81. The van der Waals surface area contributed by atoms with Crippen molar-refractivity contribution in [3.63, 3.8) is 0 Å². The average Bonchev–Trinajstić information content (AvgIpc) is 2.87. The minimum absolute atomic E-state index is 0.00640. The maximum atomic E-state index is 11.9. The molecule has 92 valence electrons. The van der Waals surface area contributed by atoms with Gasteiger partial charge in [-0.05, 0) is 32.4 Å². The first-order valence-electron chi connectivity index (χ1n) is 5.87. The molecule has 17 heavy (non-hydrogen) atoms. The largest absolute Gasteiger partial charge is 0.464 e. The number of amides is 1. The van der Waals surface area contributed by atoms with Crippen LogP contribution in [0.1, 0.15) is 30.9 Å². The highest BCUT2D eigenvalue weighted by Gasteiger charge is 2.24. The van der Waals surface area contributed by atoms with Crippen LogP contribution in [0.3, 0.4) is 0 Å². The van der Waals surface area contributed by atoms with Crippen LogP contribution in [0.15, 0.2) is 28.7 Å². The van der Waals surface area contributed by atoms with E-state index in [0.717, 1.165) is 11.5 Å². The molecule has 0 aromatic carbocycles. The Morgan fingerprint density at radius 3 is 2.82 bits per heavy atom. The van der Waals surface area contributed by atoms with E-state index >= 15 is 0 Å². The van der Waals surface area contributed by atoms with E-state index in [9.17, 15) is 4.79 Å². The van der Waals surface area contributed by atoms with Gasteiger partial charge in [-0.1, -0.05) is 12.2 Å². The van der Waals surface area contributed by atoms with Gasteiger partial charge in [0.25, 0.3) is 0 Å². The highest BCUT2D eigenvalue weighted by atomic mass is 16.3. The quantitative estimate of drug-likeness (QED) is 0.782. The van der Waals surface area contributed by atoms with Crippen molar-refractivity contribution >= 4 is 5.91 Å². The number of furan rings is 1. The molecule has 0 saturated heterocycles. The maximum absolute atomic E-state index is 11.9. The summed E-state index contributed by atoms with van der Waals surface area (Å²) in [6, 6.07) is 3.67. The van der Waals surface area contributed by atoms with Gasteiger partial charge in [0.05, 0.1) is 12.0 Å². The Morgan fingerprint density at radius 1 is 1.53 bits per heavy atom. The van der Waals surface area contributed by atoms with E-state index in [4.69, 9.17) is 10.2 Å². The number of nitrogens with two attached hydrogens (primary N) is 1. The molecule has 1 aliphatic carbocycles. The van der Waals surface area contributed by atoms with Crippen LogP contribution in [0.5, 0.6) is 0 Å². The third kappa shape index (κ3) is 2.77. The van der Waals surface area contributed by atoms with Crippen molar-refractivity contribution in [3.05, 3.63) is 35.8 Å². The zero-order valence-electron chi connectivity index (χ0n) is 10.1. The summed E-state index contributed by atoms with van der Waals surface area (Å²) < 4.78 is 5.47. The van der Waals surface area contributed by atoms with Crippen LogP contribution in [0, 0.1) is 12.8 Å². The fraction of sp³-hybridized carbons (Fsp3) is 0.462. The molecule has 0 fully saturated rings. The molecule has 0 bridgehead atoms. The second kappa shape index (κ2) is 4.75. The van der Waals surface area contributed by atoms with Crippen molar-refractivity contribution in [1.29, 1.82) is 0 Å². The maximum Gasteiger partial charge on any atom is 0.227 e. The second-order valence-corrected chi connectivity index (χ2v) is 4.57. The third-order valence-corrected chi connectivity index (χ3v) is 3.00. The van der Waals surface area contributed by atoms with Crippen LogP contribution in [0.25, 0.3) is 0 Å². The van der Waals surface area contributed by atoms with Crippen molar-refractivity contribution in [2.45, 2.75) is 32.4 Å².